The number of benzene rings is 2. The molecule has 0 radical (unpaired) electrons. The second-order valence-electron chi connectivity index (χ2n) is 7.81. The van der Waals surface area contributed by atoms with Gasteiger partial charge >= 0.3 is 6.09 Å². The molecule has 0 saturated carbocycles. The number of carbonyl (C=O) groups excluding carboxylic acids is 3. The molecule has 0 spiro atoms. The molecule has 1 aromatic heterocycles. The topological polar surface area (TPSA) is 145 Å². The Kier molecular flexibility index (Phi) is 8.96. The molecule has 2 aromatic carbocycles. The van der Waals surface area contributed by atoms with Crippen LogP contribution in [-0.2, 0) is 25.1 Å². The number of Topliss-reactive ketones (excluding diaryl/α,β-unsaturated/α-hetero) is 1. The van der Waals surface area contributed by atoms with Gasteiger partial charge in [-0.25, -0.2) is 18.2 Å². The standard InChI is InChI=1S/C24H27N3O7S/c1-33-24(30)26-15-21(35(31,32)16-17-9-3-2-4-10-17)22(29)25-14-8-7-12-19(28)23-27-18-11-5-6-13-20(18)34-23/h2-6,9-11,13,21H,7-8,12,14-16H2,1H3,(H,25,29)(H,26,30). The number of oxazole rings is 1. The number of nitrogens with one attached hydrogen (secondary N) is 2. The van der Waals surface area contributed by atoms with Gasteiger partial charge in [-0.3, -0.25) is 9.59 Å². The number of ketones is 1. The first-order chi connectivity index (χ1) is 16.8. The number of aromatic nitrogens is 1. The molecule has 1 heterocycles. The van der Waals surface area contributed by atoms with Crippen molar-refractivity contribution in [1.82, 2.24) is 15.6 Å². The van der Waals surface area contributed by atoms with Gasteiger partial charge in [0.15, 0.2) is 20.7 Å². The fraction of sp³-hybridized carbons (Fsp3) is 0.333. The second-order valence-corrected chi connectivity index (χ2v) is 10.00. The van der Waals surface area contributed by atoms with Crippen molar-refractivity contribution in [3.8, 4) is 0 Å². The van der Waals surface area contributed by atoms with Crippen LogP contribution in [0.4, 0.5) is 4.79 Å². The number of amides is 2. The van der Waals surface area contributed by atoms with Crippen molar-refractivity contribution in [1.29, 1.82) is 0 Å². The maximum atomic E-state index is 12.9. The fourth-order valence-electron chi connectivity index (χ4n) is 3.37. The lowest BCUT2D eigenvalue weighted by Gasteiger charge is -2.18. The van der Waals surface area contributed by atoms with E-state index in [0.29, 0.717) is 29.5 Å². The van der Waals surface area contributed by atoms with Crippen LogP contribution in [0.15, 0.2) is 59.0 Å². The molecule has 3 aromatic rings. The Morgan fingerprint density at radius 1 is 1.00 bits per heavy atom. The zero-order valence-corrected chi connectivity index (χ0v) is 20.0. The van der Waals surface area contributed by atoms with Crippen LogP contribution in [-0.4, -0.2) is 56.6 Å². The number of sulfone groups is 1. The average molecular weight is 502 g/mol. The molecule has 0 bridgehead atoms. The smallest absolute Gasteiger partial charge is 0.406 e. The molecule has 1 atom stereocenters. The van der Waals surface area contributed by atoms with Gasteiger partial charge in [0.2, 0.25) is 11.7 Å². The normalized spacial score (nSPS) is 12.1. The fourth-order valence-corrected chi connectivity index (χ4v) is 4.98. The molecule has 2 amide bonds. The molecule has 0 aliphatic rings. The average Bonchev–Trinajstić information content (AvgIpc) is 3.28. The van der Waals surface area contributed by atoms with Crippen molar-refractivity contribution >= 4 is 38.7 Å². The van der Waals surface area contributed by atoms with E-state index in [9.17, 15) is 22.8 Å². The first-order valence-electron chi connectivity index (χ1n) is 11.0. The summed E-state index contributed by atoms with van der Waals surface area (Å²) in [6.45, 7) is -0.265. The summed E-state index contributed by atoms with van der Waals surface area (Å²) in [6.07, 6.45) is 0.214. The number of unbranched alkanes of at least 4 members (excludes halogenated alkanes) is 1. The molecule has 186 valence electrons. The number of para-hydroxylation sites is 2. The summed E-state index contributed by atoms with van der Waals surface area (Å²) < 4.78 is 35.8. The summed E-state index contributed by atoms with van der Waals surface area (Å²) in [4.78, 5) is 40.7. The van der Waals surface area contributed by atoms with E-state index >= 15 is 0 Å². The predicted octanol–water partition coefficient (Wildman–Crippen LogP) is 2.64. The van der Waals surface area contributed by atoms with Gasteiger partial charge in [0, 0.05) is 19.5 Å². The molecule has 0 aliphatic carbocycles. The van der Waals surface area contributed by atoms with Crippen molar-refractivity contribution < 1.29 is 32.0 Å². The van der Waals surface area contributed by atoms with Crippen LogP contribution in [0.2, 0.25) is 0 Å². The van der Waals surface area contributed by atoms with E-state index in [1.54, 1.807) is 54.6 Å². The number of hydrogen-bond donors (Lipinski definition) is 2. The van der Waals surface area contributed by atoms with Crippen LogP contribution < -0.4 is 10.6 Å². The Bertz CT molecular complexity index is 1240. The van der Waals surface area contributed by atoms with E-state index in [4.69, 9.17) is 4.42 Å². The van der Waals surface area contributed by atoms with Gasteiger partial charge in [0.05, 0.1) is 12.9 Å². The van der Waals surface area contributed by atoms with E-state index in [-0.39, 0.29) is 30.4 Å². The van der Waals surface area contributed by atoms with Crippen molar-refractivity contribution in [2.45, 2.75) is 30.3 Å². The maximum absolute atomic E-state index is 12.9. The van der Waals surface area contributed by atoms with Crippen LogP contribution in [0.5, 0.6) is 0 Å². The molecular weight excluding hydrogens is 474 g/mol. The van der Waals surface area contributed by atoms with Crippen LogP contribution in [0.3, 0.4) is 0 Å². The molecule has 10 nitrogen and oxygen atoms in total. The summed E-state index contributed by atoms with van der Waals surface area (Å²) in [5.74, 6) is -1.30. The number of nitrogens with zero attached hydrogens (tertiary/aromatic N) is 1. The Morgan fingerprint density at radius 3 is 2.43 bits per heavy atom. The SMILES string of the molecule is COC(=O)NCC(C(=O)NCCCCC(=O)c1nc2ccccc2o1)S(=O)(=O)Cc1ccccc1. The van der Waals surface area contributed by atoms with Crippen molar-refractivity contribution in [3.05, 3.63) is 66.1 Å². The Hall–Kier alpha value is -3.73. The minimum atomic E-state index is -3.94. The monoisotopic (exact) mass is 501 g/mol. The number of fused-ring (bicyclic) bond motifs is 1. The molecule has 0 fully saturated rings. The second kappa shape index (κ2) is 12.1. The summed E-state index contributed by atoms with van der Waals surface area (Å²) in [5.41, 5.74) is 1.67. The lowest BCUT2D eigenvalue weighted by molar-refractivity contribution is -0.120. The van der Waals surface area contributed by atoms with Crippen LogP contribution in [0, 0.1) is 0 Å². The predicted molar refractivity (Wildman–Crippen MR) is 128 cm³/mol. The summed E-state index contributed by atoms with van der Waals surface area (Å²) in [7, 11) is -2.80. The van der Waals surface area contributed by atoms with Crippen molar-refractivity contribution in [2.24, 2.45) is 0 Å². The Labute approximate surface area is 203 Å². The van der Waals surface area contributed by atoms with E-state index in [1.807, 2.05) is 0 Å². The van der Waals surface area contributed by atoms with E-state index in [2.05, 4.69) is 20.4 Å². The van der Waals surface area contributed by atoms with E-state index in [1.165, 1.54) is 0 Å². The largest absolute Gasteiger partial charge is 0.453 e. The zero-order valence-electron chi connectivity index (χ0n) is 19.2. The summed E-state index contributed by atoms with van der Waals surface area (Å²) in [6, 6.07) is 15.5. The van der Waals surface area contributed by atoms with Gasteiger partial charge in [-0.1, -0.05) is 42.5 Å². The van der Waals surface area contributed by atoms with Gasteiger partial charge in [-0.05, 0) is 30.5 Å². The van der Waals surface area contributed by atoms with Gasteiger partial charge in [0.25, 0.3) is 5.89 Å². The zero-order chi connectivity index (χ0) is 25.3. The van der Waals surface area contributed by atoms with Crippen molar-refractivity contribution in [3.63, 3.8) is 0 Å². The third kappa shape index (κ3) is 7.38. The first kappa shape index (κ1) is 25.9. The van der Waals surface area contributed by atoms with E-state index < -0.39 is 33.6 Å². The molecule has 3 rings (SSSR count). The van der Waals surface area contributed by atoms with Gasteiger partial charge in [0.1, 0.15) is 5.52 Å². The van der Waals surface area contributed by atoms with Crippen LogP contribution in [0.1, 0.15) is 35.5 Å². The lowest BCUT2D eigenvalue weighted by atomic mass is 10.2. The maximum Gasteiger partial charge on any atom is 0.406 e. The van der Waals surface area contributed by atoms with Crippen LogP contribution in [0.25, 0.3) is 11.1 Å². The first-order valence-corrected chi connectivity index (χ1v) is 12.8. The molecule has 2 N–H and O–H groups in total. The number of rotatable bonds is 12. The highest BCUT2D eigenvalue weighted by molar-refractivity contribution is 7.92. The van der Waals surface area contributed by atoms with Gasteiger partial charge in [-0.2, -0.15) is 0 Å². The number of ether oxygens (including phenoxy) is 1. The number of carbonyl (C=O) groups is 3. The highest BCUT2D eigenvalue weighted by Crippen LogP contribution is 2.16. The van der Waals surface area contributed by atoms with Crippen LogP contribution >= 0.6 is 0 Å². The van der Waals surface area contributed by atoms with Gasteiger partial charge in [-0.15, -0.1) is 0 Å². The molecular formula is C24H27N3O7S. The molecule has 11 heteroatoms. The number of methoxy groups -OCH3 is 1. The number of hydrogen-bond acceptors (Lipinski definition) is 8. The van der Waals surface area contributed by atoms with Gasteiger partial charge < -0.3 is 19.8 Å². The van der Waals surface area contributed by atoms with E-state index in [0.717, 1.165) is 7.11 Å². The minimum absolute atomic E-state index is 0.0381. The van der Waals surface area contributed by atoms with Crippen molar-refractivity contribution in [2.75, 3.05) is 20.2 Å². The third-order valence-electron chi connectivity index (χ3n) is 5.22. The lowest BCUT2D eigenvalue weighted by Crippen LogP contribution is -2.47. The third-order valence-corrected chi connectivity index (χ3v) is 7.20. The molecule has 0 saturated heterocycles. The highest BCUT2D eigenvalue weighted by Gasteiger charge is 2.33. The highest BCUT2D eigenvalue weighted by atomic mass is 32.2. The number of alkyl carbamates (subject to hydrolysis) is 1. The quantitative estimate of drug-likeness (QED) is 0.285. The Morgan fingerprint density at radius 2 is 1.71 bits per heavy atom. The molecule has 1 unspecified atom stereocenters. The Balaban J connectivity index is 1.52. The minimum Gasteiger partial charge on any atom is -0.453 e. The molecule has 0 aliphatic heterocycles. The molecule has 35 heavy (non-hydrogen) atoms. The summed E-state index contributed by atoms with van der Waals surface area (Å²) in [5, 5.41) is 3.38. The summed E-state index contributed by atoms with van der Waals surface area (Å²) >= 11 is 0.